The highest BCUT2D eigenvalue weighted by Crippen LogP contribution is 2.27. The van der Waals surface area contributed by atoms with Gasteiger partial charge in [0.2, 0.25) is 5.95 Å². The van der Waals surface area contributed by atoms with Gasteiger partial charge in [-0.1, -0.05) is 53.7 Å². The third-order valence-electron chi connectivity index (χ3n) is 4.70. The Hall–Kier alpha value is -3.36. The monoisotopic (exact) mass is 466 g/mol. The summed E-state index contributed by atoms with van der Waals surface area (Å²) in [4.78, 5) is 25.0. The largest absolute Gasteiger partial charge is 0.463 e. The second kappa shape index (κ2) is 9.84. The lowest BCUT2D eigenvalue weighted by Crippen LogP contribution is -2.14. The van der Waals surface area contributed by atoms with Gasteiger partial charge in [-0.25, -0.2) is 0 Å². The minimum Gasteiger partial charge on any atom is -0.463 e. The van der Waals surface area contributed by atoms with Crippen LogP contribution in [0.1, 0.15) is 18.1 Å². The molecule has 2 aromatic heterocycles. The summed E-state index contributed by atoms with van der Waals surface area (Å²) in [6, 6.07) is 14.6. The summed E-state index contributed by atoms with van der Waals surface area (Å²) >= 11 is 7.70. The minimum atomic E-state index is -0.428. The predicted molar refractivity (Wildman–Crippen MR) is 127 cm³/mol. The van der Waals surface area contributed by atoms with E-state index in [1.54, 1.807) is 28.8 Å². The van der Waals surface area contributed by atoms with Gasteiger partial charge in [-0.3, -0.25) is 19.5 Å². The number of carbonyl (C=O) groups excluding carboxylic acids is 1. The highest BCUT2D eigenvalue weighted by molar-refractivity contribution is 7.98. The average Bonchev–Trinajstić information content (AvgIpc) is 3.19. The molecule has 2 heterocycles. The molecule has 0 unspecified atom stereocenters. The smallest absolute Gasteiger partial charge is 0.250 e. The lowest BCUT2D eigenvalue weighted by Gasteiger charge is -2.08. The first-order valence-corrected chi connectivity index (χ1v) is 11.2. The maximum absolute atomic E-state index is 12.5. The molecular weight excluding hydrogens is 448 g/mol. The fourth-order valence-corrected chi connectivity index (χ4v) is 4.34. The van der Waals surface area contributed by atoms with E-state index in [-0.39, 0.29) is 11.0 Å². The number of nitrogens with one attached hydrogen (secondary N) is 1. The lowest BCUT2D eigenvalue weighted by molar-refractivity contribution is -0.111. The summed E-state index contributed by atoms with van der Waals surface area (Å²) < 4.78 is 7.27. The van der Waals surface area contributed by atoms with E-state index in [0.717, 1.165) is 5.56 Å². The van der Waals surface area contributed by atoms with Gasteiger partial charge in [-0.2, -0.15) is 0 Å². The quantitative estimate of drug-likeness (QED) is 0.304. The lowest BCUT2D eigenvalue weighted by atomic mass is 10.1. The van der Waals surface area contributed by atoms with Gasteiger partial charge in [0.05, 0.1) is 10.9 Å². The topological polar surface area (TPSA) is 90.0 Å². The number of halogens is 1. The number of hydrogen-bond donors (Lipinski definition) is 1. The van der Waals surface area contributed by atoms with Crippen LogP contribution in [-0.4, -0.2) is 20.7 Å². The molecule has 0 radical (unpaired) electrons. The summed E-state index contributed by atoms with van der Waals surface area (Å²) in [7, 11) is 0. The Morgan fingerprint density at radius 1 is 1.19 bits per heavy atom. The van der Waals surface area contributed by atoms with Crippen molar-refractivity contribution in [3.05, 3.63) is 87.2 Å². The van der Waals surface area contributed by atoms with Crippen LogP contribution in [0.15, 0.2) is 75.2 Å². The molecule has 1 N–H and O–H groups in total. The van der Waals surface area contributed by atoms with Crippen LogP contribution in [0.25, 0.3) is 17.0 Å². The van der Waals surface area contributed by atoms with Crippen LogP contribution in [0.3, 0.4) is 0 Å². The van der Waals surface area contributed by atoms with Crippen molar-refractivity contribution in [1.29, 1.82) is 0 Å². The Kier molecular flexibility index (Phi) is 6.72. The standard InChI is InChI=1S/C23H19ClN4O3S/c1-2-28-22(26-27-23(28)32-14-16-7-3-5-9-18(16)24)25-20(29)12-11-15-13-31-19-10-6-4-8-17(19)21(15)30/h3-13H,2,14H2,1H3,(H,25,26,29)/b12-11+. The summed E-state index contributed by atoms with van der Waals surface area (Å²) in [5.74, 6) is 0.528. The summed E-state index contributed by atoms with van der Waals surface area (Å²) in [5, 5.41) is 12.8. The zero-order valence-corrected chi connectivity index (χ0v) is 18.7. The molecule has 4 aromatic rings. The molecule has 0 spiro atoms. The van der Waals surface area contributed by atoms with Crippen molar-refractivity contribution < 1.29 is 9.21 Å². The number of fused-ring (bicyclic) bond motifs is 1. The Bertz CT molecular complexity index is 1360. The molecule has 0 aliphatic rings. The van der Waals surface area contributed by atoms with Crippen LogP contribution in [-0.2, 0) is 17.1 Å². The molecule has 0 bridgehead atoms. The van der Waals surface area contributed by atoms with E-state index in [1.807, 2.05) is 31.2 Å². The van der Waals surface area contributed by atoms with Crippen LogP contribution in [0, 0.1) is 0 Å². The summed E-state index contributed by atoms with van der Waals surface area (Å²) in [6.45, 7) is 2.51. The van der Waals surface area contributed by atoms with Crippen LogP contribution >= 0.6 is 23.4 Å². The molecule has 0 saturated carbocycles. The number of anilines is 1. The van der Waals surface area contributed by atoms with Gasteiger partial charge in [0.1, 0.15) is 11.8 Å². The number of para-hydroxylation sites is 1. The normalized spacial score (nSPS) is 11.3. The van der Waals surface area contributed by atoms with Crippen molar-refractivity contribution in [2.45, 2.75) is 24.4 Å². The first kappa shape index (κ1) is 21.9. The van der Waals surface area contributed by atoms with Crippen LogP contribution in [0.4, 0.5) is 5.95 Å². The number of nitrogens with zero attached hydrogens (tertiary/aromatic N) is 3. The zero-order chi connectivity index (χ0) is 22.5. The molecule has 162 valence electrons. The van der Waals surface area contributed by atoms with E-state index in [1.165, 1.54) is 30.2 Å². The van der Waals surface area contributed by atoms with Crippen molar-refractivity contribution in [2.24, 2.45) is 0 Å². The Morgan fingerprint density at radius 2 is 1.97 bits per heavy atom. The number of benzene rings is 2. The van der Waals surface area contributed by atoms with E-state index in [9.17, 15) is 9.59 Å². The fraction of sp³-hybridized carbons (Fsp3) is 0.130. The molecule has 0 aliphatic carbocycles. The summed E-state index contributed by atoms with van der Waals surface area (Å²) in [5.41, 5.74) is 1.57. The first-order chi connectivity index (χ1) is 15.6. The molecule has 2 aromatic carbocycles. The van der Waals surface area contributed by atoms with E-state index in [0.29, 0.717) is 39.4 Å². The zero-order valence-electron chi connectivity index (χ0n) is 17.1. The Labute approximate surface area is 193 Å². The second-order valence-corrected chi connectivity index (χ2v) is 8.12. The number of rotatable bonds is 7. The van der Waals surface area contributed by atoms with Crippen LogP contribution in [0.5, 0.6) is 0 Å². The minimum absolute atomic E-state index is 0.203. The van der Waals surface area contributed by atoms with Crippen LogP contribution < -0.4 is 10.7 Å². The maximum atomic E-state index is 12.5. The highest BCUT2D eigenvalue weighted by Gasteiger charge is 2.14. The van der Waals surface area contributed by atoms with Crippen molar-refractivity contribution in [3.8, 4) is 0 Å². The number of carbonyl (C=O) groups is 1. The molecule has 9 heteroatoms. The summed E-state index contributed by atoms with van der Waals surface area (Å²) in [6.07, 6.45) is 4.03. The van der Waals surface area contributed by atoms with E-state index in [2.05, 4.69) is 15.5 Å². The highest BCUT2D eigenvalue weighted by atomic mass is 35.5. The number of hydrogen-bond acceptors (Lipinski definition) is 6. The Balaban J connectivity index is 1.46. The molecule has 4 rings (SSSR count). The van der Waals surface area contributed by atoms with Crippen LogP contribution in [0.2, 0.25) is 5.02 Å². The SMILES string of the molecule is CCn1c(NC(=O)/C=C/c2coc3ccccc3c2=O)nnc1SCc1ccccc1Cl. The molecule has 0 atom stereocenters. The van der Waals surface area contributed by atoms with Gasteiger partial charge in [0, 0.05) is 23.4 Å². The maximum Gasteiger partial charge on any atom is 0.250 e. The number of aromatic nitrogens is 3. The van der Waals surface area contributed by atoms with Gasteiger partial charge in [-0.05, 0) is 36.8 Å². The van der Waals surface area contributed by atoms with Crippen molar-refractivity contribution in [2.75, 3.05) is 5.32 Å². The van der Waals surface area contributed by atoms with Crippen molar-refractivity contribution >= 4 is 52.3 Å². The molecule has 0 fully saturated rings. The van der Waals surface area contributed by atoms with Gasteiger partial charge < -0.3 is 4.42 Å². The molecular formula is C23H19ClN4O3S. The Morgan fingerprint density at radius 3 is 2.78 bits per heavy atom. The second-order valence-electron chi connectivity index (χ2n) is 6.77. The molecule has 7 nitrogen and oxygen atoms in total. The number of amides is 1. The predicted octanol–water partition coefficient (Wildman–Crippen LogP) is 5.00. The molecule has 0 aliphatic heterocycles. The van der Waals surface area contributed by atoms with Gasteiger partial charge in [0.15, 0.2) is 10.6 Å². The van der Waals surface area contributed by atoms with E-state index < -0.39 is 5.91 Å². The van der Waals surface area contributed by atoms with Gasteiger partial charge in [0.25, 0.3) is 5.91 Å². The average molecular weight is 467 g/mol. The fourth-order valence-electron chi connectivity index (χ4n) is 3.06. The molecule has 32 heavy (non-hydrogen) atoms. The van der Waals surface area contributed by atoms with Gasteiger partial charge in [-0.15, -0.1) is 10.2 Å². The van der Waals surface area contributed by atoms with Crippen molar-refractivity contribution in [3.63, 3.8) is 0 Å². The third kappa shape index (κ3) is 4.76. The van der Waals surface area contributed by atoms with Crippen molar-refractivity contribution in [1.82, 2.24) is 14.8 Å². The van der Waals surface area contributed by atoms with E-state index in [4.69, 9.17) is 16.0 Å². The third-order valence-corrected chi connectivity index (χ3v) is 6.09. The molecule has 0 saturated heterocycles. The number of thioether (sulfide) groups is 1. The van der Waals surface area contributed by atoms with E-state index >= 15 is 0 Å². The molecule has 1 amide bonds. The first-order valence-electron chi connectivity index (χ1n) is 9.86. The van der Waals surface area contributed by atoms with Gasteiger partial charge >= 0.3 is 0 Å².